The number of rotatable bonds is 2. The second kappa shape index (κ2) is 3.96. The van der Waals surface area contributed by atoms with Crippen molar-refractivity contribution in [2.75, 3.05) is 7.11 Å². The van der Waals surface area contributed by atoms with Crippen molar-refractivity contribution in [3.05, 3.63) is 23.3 Å². The smallest absolute Gasteiger partial charge is 0.177 e. The molecule has 4 heteroatoms. The van der Waals surface area contributed by atoms with Crippen LogP contribution >= 0.6 is 0 Å². The van der Waals surface area contributed by atoms with Crippen LogP contribution in [-0.4, -0.2) is 24.3 Å². The zero-order chi connectivity index (χ0) is 11.7. The van der Waals surface area contributed by atoms with E-state index in [1.807, 2.05) is 0 Å². The fraction of sp³-hybridized carbons (Fsp3) is 0.333. The number of Topliss-reactive ketones (excluding diaryl/α,β-unsaturated/α-hetero) is 1. The summed E-state index contributed by atoms with van der Waals surface area (Å²) in [6.07, 6.45) is 1.79. The third-order valence-corrected chi connectivity index (χ3v) is 2.92. The Morgan fingerprint density at radius 2 is 2.25 bits per heavy atom. The summed E-state index contributed by atoms with van der Waals surface area (Å²) in [6.45, 7) is 0. The molecule has 4 nitrogen and oxygen atoms in total. The van der Waals surface area contributed by atoms with Crippen LogP contribution in [0.4, 0.5) is 0 Å². The maximum atomic E-state index is 11.9. The Morgan fingerprint density at radius 1 is 1.50 bits per heavy atom. The molecule has 0 saturated carbocycles. The van der Waals surface area contributed by atoms with E-state index in [0.717, 1.165) is 5.56 Å². The van der Waals surface area contributed by atoms with E-state index in [1.165, 1.54) is 7.11 Å². The zero-order valence-corrected chi connectivity index (χ0v) is 8.90. The van der Waals surface area contributed by atoms with Crippen molar-refractivity contribution in [3.8, 4) is 11.5 Å². The number of benzene rings is 1. The van der Waals surface area contributed by atoms with Gasteiger partial charge >= 0.3 is 0 Å². The number of carbonyl (C=O) groups is 2. The Hall–Kier alpha value is -1.84. The van der Waals surface area contributed by atoms with Gasteiger partial charge in [0.1, 0.15) is 6.29 Å². The second-order valence-electron chi connectivity index (χ2n) is 3.80. The molecular formula is C12H12O4. The van der Waals surface area contributed by atoms with E-state index in [0.29, 0.717) is 19.1 Å². The molecule has 1 aliphatic carbocycles. The molecular weight excluding hydrogens is 208 g/mol. The van der Waals surface area contributed by atoms with Crippen molar-refractivity contribution in [3.63, 3.8) is 0 Å². The fourth-order valence-corrected chi connectivity index (χ4v) is 2.02. The molecule has 1 aromatic carbocycles. The molecule has 0 spiro atoms. The van der Waals surface area contributed by atoms with Crippen LogP contribution in [0.3, 0.4) is 0 Å². The van der Waals surface area contributed by atoms with Gasteiger partial charge in [-0.05, 0) is 24.5 Å². The highest BCUT2D eigenvalue weighted by Gasteiger charge is 2.30. The molecule has 0 fully saturated rings. The van der Waals surface area contributed by atoms with Crippen LogP contribution in [0.25, 0.3) is 0 Å². The van der Waals surface area contributed by atoms with E-state index in [9.17, 15) is 14.7 Å². The lowest BCUT2D eigenvalue weighted by Crippen LogP contribution is -2.23. The molecule has 1 unspecified atom stereocenters. The molecule has 0 amide bonds. The molecule has 2 rings (SSSR count). The number of phenols is 1. The van der Waals surface area contributed by atoms with Gasteiger partial charge in [0.25, 0.3) is 0 Å². The number of ether oxygens (including phenoxy) is 1. The first kappa shape index (κ1) is 10.7. The maximum absolute atomic E-state index is 11.9. The lowest BCUT2D eigenvalue weighted by Gasteiger charge is -2.21. The number of aryl methyl sites for hydroxylation is 1. The Labute approximate surface area is 92.8 Å². The molecule has 0 aromatic heterocycles. The van der Waals surface area contributed by atoms with Crippen LogP contribution in [0.1, 0.15) is 22.3 Å². The molecule has 1 atom stereocenters. The van der Waals surface area contributed by atoms with Crippen molar-refractivity contribution in [2.24, 2.45) is 5.92 Å². The number of hydrogen-bond acceptors (Lipinski definition) is 4. The van der Waals surface area contributed by atoms with Crippen LogP contribution in [0.2, 0.25) is 0 Å². The predicted octanol–water partition coefficient (Wildman–Crippen LogP) is 1.34. The summed E-state index contributed by atoms with van der Waals surface area (Å²) in [5.74, 6) is -0.839. The second-order valence-corrected chi connectivity index (χ2v) is 3.80. The molecule has 0 bridgehead atoms. The summed E-state index contributed by atoms with van der Waals surface area (Å²) in [5.41, 5.74) is 1.02. The number of aromatic hydroxyl groups is 1. The summed E-state index contributed by atoms with van der Waals surface area (Å²) in [7, 11) is 1.42. The zero-order valence-electron chi connectivity index (χ0n) is 8.90. The van der Waals surface area contributed by atoms with Gasteiger partial charge in [-0.1, -0.05) is 6.07 Å². The average molecular weight is 220 g/mol. The summed E-state index contributed by atoms with van der Waals surface area (Å²) in [6, 6.07) is 3.38. The van der Waals surface area contributed by atoms with E-state index in [2.05, 4.69) is 0 Å². The maximum Gasteiger partial charge on any atom is 0.177 e. The van der Waals surface area contributed by atoms with E-state index in [1.54, 1.807) is 12.1 Å². The number of hydrogen-bond donors (Lipinski definition) is 1. The van der Waals surface area contributed by atoms with E-state index in [4.69, 9.17) is 4.74 Å². The van der Waals surface area contributed by atoms with E-state index in [-0.39, 0.29) is 22.8 Å². The molecule has 1 N–H and O–H groups in total. The first-order valence-corrected chi connectivity index (χ1v) is 5.07. The Balaban J connectivity index is 2.56. The topological polar surface area (TPSA) is 63.6 Å². The third-order valence-electron chi connectivity index (χ3n) is 2.92. The largest absolute Gasteiger partial charge is 0.504 e. The molecule has 0 heterocycles. The molecule has 0 saturated heterocycles. The van der Waals surface area contributed by atoms with Crippen molar-refractivity contribution in [1.82, 2.24) is 0 Å². The minimum absolute atomic E-state index is 0.156. The number of methoxy groups -OCH3 is 1. The van der Waals surface area contributed by atoms with Crippen LogP contribution < -0.4 is 4.74 Å². The molecule has 0 aliphatic heterocycles. The highest BCUT2D eigenvalue weighted by molar-refractivity contribution is 6.09. The standard InChI is InChI=1S/C12H12O4/c1-16-9-5-4-7-2-3-8(6-13)11(14)10(7)12(9)15/h4-6,8,15H,2-3H2,1H3. The van der Waals surface area contributed by atoms with E-state index >= 15 is 0 Å². The lowest BCUT2D eigenvalue weighted by atomic mass is 9.83. The van der Waals surface area contributed by atoms with Gasteiger partial charge in [-0.3, -0.25) is 4.79 Å². The first-order valence-electron chi connectivity index (χ1n) is 5.07. The number of phenolic OH excluding ortho intramolecular Hbond substituents is 1. The molecule has 0 radical (unpaired) electrons. The van der Waals surface area contributed by atoms with Crippen LogP contribution in [0.5, 0.6) is 11.5 Å². The molecule has 16 heavy (non-hydrogen) atoms. The van der Waals surface area contributed by atoms with Crippen molar-refractivity contribution in [2.45, 2.75) is 12.8 Å². The van der Waals surface area contributed by atoms with Crippen molar-refractivity contribution >= 4 is 12.1 Å². The van der Waals surface area contributed by atoms with Crippen LogP contribution in [0.15, 0.2) is 12.1 Å². The lowest BCUT2D eigenvalue weighted by molar-refractivity contribution is -0.110. The summed E-state index contributed by atoms with van der Waals surface area (Å²) < 4.78 is 4.94. The monoisotopic (exact) mass is 220 g/mol. The van der Waals surface area contributed by atoms with Gasteiger partial charge in [0.2, 0.25) is 0 Å². The average Bonchev–Trinajstić information content (AvgIpc) is 2.30. The highest BCUT2D eigenvalue weighted by Crippen LogP contribution is 2.37. The van der Waals surface area contributed by atoms with Crippen LogP contribution in [0, 0.1) is 5.92 Å². The van der Waals surface area contributed by atoms with Gasteiger partial charge in [0.15, 0.2) is 17.3 Å². The SMILES string of the molecule is COc1ccc2c(c1O)C(=O)C(C=O)CC2. The molecule has 1 aliphatic rings. The fourth-order valence-electron chi connectivity index (χ4n) is 2.02. The number of aldehydes is 1. The van der Waals surface area contributed by atoms with Gasteiger partial charge in [-0.25, -0.2) is 0 Å². The van der Waals surface area contributed by atoms with Crippen molar-refractivity contribution in [1.29, 1.82) is 0 Å². The number of ketones is 1. The molecule has 84 valence electrons. The first-order chi connectivity index (χ1) is 7.69. The highest BCUT2D eigenvalue weighted by atomic mass is 16.5. The normalized spacial score (nSPS) is 19.1. The number of fused-ring (bicyclic) bond motifs is 1. The summed E-state index contributed by atoms with van der Waals surface area (Å²) in [5, 5.41) is 9.86. The summed E-state index contributed by atoms with van der Waals surface area (Å²) >= 11 is 0. The Morgan fingerprint density at radius 3 is 2.88 bits per heavy atom. The quantitative estimate of drug-likeness (QED) is 0.603. The van der Waals surface area contributed by atoms with Gasteiger partial charge < -0.3 is 14.6 Å². The van der Waals surface area contributed by atoms with Gasteiger partial charge in [-0.2, -0.15) is 0 Å². The van der Waals surface area contributed by atoms with Crippen molar-refractivity contribution < 1.29 is 19.4 Å². The van der Waals surface area contributed by atoms with Gasteiger partial charge in [-0.15, -0.1) is 0 Å². The summed E-state index contributed by atoms with van der Waals surface area (Å²) in [4.78, 5) is 22.6. The minimum Gasteiger partial charge on any atom is -0.504 e. The number of carbonyl (C=O) groups excluding carboxylic acids is 2. The Bertz CT molecular complexity index is 451. The predicted molar refractivity (Wildman–Crippen MR) is 56.9 cm³/mol. The van der Waals surface area contributed by atoms with Gasteiger partial charge in [0.05, 0.1) is 18.6 Å². The third kappa shape index (κ3) is 1.46. The van der Waals surface area contributed by atoms with Gasteiger partial charge in [0, 0.05) is 0 Å². The van der Waals surface area contributed by atoms with Crippen LogP contribution in [-0.2, 0) is 11.2 Å². The molecule has 1 aromatic rings. The van der Waals surface area contributed by atoms with E-state index < -0.39 is 5.92 Å². The Kier molecular flexibility index (Phi) is 2.64. The minimum atomic E-state index is -0.634.